The van der Waals surface area contributed by atoms with Gasteiger partial charge in [0.25, 0.3) is 5.91 Å². The summed E-state index contributed by atoms with van der Waals surface area (Å²) in [5, 5.41) is 2.57. The van der Waals surface area contributed by atoms with Crippen LogP contribution in [0.4, 0.5) is 5.69 Å². The van der Waals surface area contributed by atoms with E-state index in [2.05, 4.69) is 5.32 Å². The predicted molar refractivity (Wildman–Crippen MR) is 109 cm³/mol. The van der Waals surface area contributed by atoms with Crippen molar-refractivity contribution >= 4 is 27.6 Å². The first-order valence-corrected chi connectivity index (χ1v) is 10.9. The quantitative estimate of drug-likeness (QED) is 0.700. The second-order valence-electron chi connectivity index (χ2n) is 7.01. The van der Waals surface area contributed by atoms with E-state index in [0.717, 1.165) is 24.0 Å². The zero-order chi connectivity index (χ0) is 20.9. The number of amides is 1. The van der Waals surface area contributed by atoms with Crippen molar-refractivity contribution in [1.82, 2.24) is 4.31 Å². The minimum Gasteiger partial charge on any atom is -0.455 e. The van der Waals surface area contributed by atoms with Crippen molar-refractivity contribution in [1.29, 1.82) is 0 Å². The number of nitrogens with zero attached hydrogens (tertiary/aromatic N) is 1. The van der Waals surface area contributed by atoms with Gasteiger partial charge in [-0.25, -0.2) is 8.42 Å². The zero-order valence-corrected chi connectivity index (χ0v) is 17.1. The lowest BCUT2D eigenvalue weighted by atomic mass is 10.1. The lowest BCUT2D eigenvalue weighted by Crippen LogP contribution is -2.28. The molecule has 1 N–H and O–H groups in total. The molecule has 1 aliphatic rings. The number of hydrogen-bond donors (Lipinski definition) is 1. The van der Waals surface area contributed by atoms with E-state index < -0.39 is 28.5 Å². The lowest BCUT2D eigenvalue weighted by molar-refractivity contribution is -0.146. The van der Waals surface area contributed by atoms with Crippen LogP contribution in [0.15, 0.2) is 53.4 Å². The van der Waals surface area contributed by atoms with E-state index in [9.17, 15) is 18.0 Å². The third kappa shape index (κ3) is 5.65. The first kappa shape index (κ1) is 21.0. The van der Waals surface area contributed by atoms with Crippen molar-refractivity contribution in [3.63, 3.8) is 0 Å². The van der Waals surface area contributed by atoms with Gasteiger partial charge in [-0.3, -0.25) is 9.59 Å². The Morgan fingerprint density at radius 3 is 2.45 bits per heavy atom. The zero-order valence-electron chi connectivity index (χ0n) is 16.3. The fourth-order valence-electron chi connectivity index (χ4n) is 3.08. The van der Waals surface area contributed by atoms with Crippen molar-refractivity contribution in [2.75, 3.05) is 25.0 Å². The Kier molecular flexibility index (Phi) is 6.66. The van der Waals surface area contributed by atoms with Gasteiger partial charge < -0.3 is 10.1 Å². The second-order valence-corrected chi connectivity index (χ2v) is 8.95. The average Bonchev–Trinajstić information content (AvgIpc) is 3.24. The van der Waals surface area contributed by atoms with Crippen molar-refractivity contribution in [2.45, 2.75) is 31.1 Å². The molecule has 0 saturated carbocycles. The number of benzene rings is 2. The van der Waals surface area contributed by atoms with Crippen LogP contribution in [0.25, 0.3) is 0 Å². The molecule has 0 unspecified atom stereocenters. The minimum atomic E-state index is -3.56. The summed E-state index contributed by atoms with van der Waals surface area (Å²) in [6.07, 6.45) is 1.78. The molecule has 7 nitrogen and oxygen atoms in total. The molecular weight excluding hydrogens is 392 g/mol. The van der Waals surface area contributed by atoms with Crippen molar-refractivity contribution in [2.24, 2.45) is 0 Å². The maximum atomic E-state index is 12.6. The van der Waals surface area contributed by atoms with E-state index in [1.807, 2.05) is 31.2 Å². The molecule has 0 aromatic heterocycles. The van der Waals surface area contributed by atoms with Crippen LogP contribution in [0.3, 0.4) is 0 Å². The van der Waals surface area contributed by atoms with Gasteiger partial charge in [0.05, 0.1) is 11.3 Å². The SMILES string of the molecule is Cc1ccc(CC(=O)OCC(=O)Nc2cccc(S(=O)(=O)N3CCCC3)c2)cc1. The van der Waals surface area contributed by atoms with E-state index in [4.69, 9.17) is 4.74 Å². The highest BCUT2D eigenvalue weighted by atomic mass is 32.2. The number of hydrogen-bond acceptors (Lipinski definition) is 5. The molecule has 2 aromatic carbocycles. The molecule has 0 bridgehead atoms. The summed E-state index contributed by atoms with van der Waals surface area (Å²) in [7, 11) is -3.56. The van der Waals surface area contributed by atoms with E-state index in [1.54, 1.807) is 12.1 Å². The molecule has 2 aromatic rings. The van der Waals surface area contributed by atoms with Gasteiger partial charge in [0, 0.05) is 18.8 Å². The molecule has 1 saturated heterocycles. The number of anilines is 1. The summed E-state index contributed by atoms with van der Waals surface area (Å²) < 4.78 is 31.7. The van der Waals surface area contributed by atoms with E-state index in [0.29, 0.717) is 18.8 Å². The van der Waals surface area contributed by atoms with Gasteiger partial charge in [-0.05, 0) is 43.5 Å². The van der Waals surface area contributed by atoms with Gasteiger partial charge in [-0.15, -0.1) is 0 Å². The van der Waals surface area contributed by atoms with E-state index in [1.165, 1.54) is 16.4 Å². The molecule has 1 heterocycles. The van der Waals surface area contributed by atoms with Crippen LogP contribution in [-0.4, -0.2) is 44.3 Å². The molecule has 1 amide bonds. The summed E-state index contributed by atoms with van der Waals surface area (Å²) in [4.78, 5) is 24.1. The van der Waals surface area contributed by atoms with Crippen LogP contribution in [0, 0.1) is 6.92 Å². The molecule has 0 radical (unpaired) electrons. The molecule has 0 aliphatic carbocycles. The average molecular weight is 416 g/mol. The Balaban J connectivity index is 1.54. The number of carbonyl (C=O) groups excluding carboxylic acids is 2. The van der Waals surface area contributed by atoms with Gasteiger partial charge in [0.15, 0.2) is 6.61 Å². The Bertz CT molecular complexity index is 980. The molecule has 29 heavy (non-hydrogen) atoms. The smallest absolute Gasteiger partial charge is 0.310 e. The third-order valence-electron chi connectivity index (χ3n) is 4.65. The van der Waals surface area contributed by atoms with E-state index in [-0.39, 0.29) is 11.3 Å². The second kappa shape index (κ2) is 9.19. The number of sulfonamides is 1. The first-order chi connectivity index (χ1) is 13.8. The normalized spacial score (nSPS) is 14.5. The Morgan fingerprint density at radius 2 is 1.76 bits per heavy atom. The van der Waals surface area contributed by atoms with Crippen LogP contribution in [-0.2, 0) is 30.8 Å². The molecule has 1 fully saturated rings. The monoisotopic (exact) mass is 416 g/mol. The summed E-state index contributed by atoms with van der Waals surface area (Å²) in [6, 6.07) is 13.6. The number of aryl methyl sites for hydroxylation is 1. The van der Waals surface area contributed by atoms with Gasteiger partial charge in [0.2, 0.25) is 10.0 Å². The summed E-state index contributed by atoms with van der Waals surface area (Å²) >= 11 is 0. The largest absolute Gasteiger partial charge is 0.455 e. The standard InChI is InChI=1S/C21H24N2O5S/c1-16-7-9-17(10-8-16)13-21(25)28-15-20(24)22-18-5-4-6-19(14-18)29(26,27)23-11-2-3-12-23/h4-10,14H,2-3,11-13,15H2,1H3,(H,22,24). The maximum absolute atomic E-state index is 12.6. The molecule has 154 valence electrons. The van der Waals surface area contributed by atoms with Gasteiger partial charge in [-0.2, -0.15) is 4.31 Å². The number of nitrogens with one attached hydrogen (secondary N) is 1. The van der Waals surface area contributed by atoms with Crippen LogP contribution >= 0.6 is 0 Å². The Hall–Kier alpha value is -2.71. The van der Waals surface area contributed by atoms with E-state index >= 15 is 0 Å². The Labute approximate surface area is 170 Å². The highest BCUT2D eigenvalue weighted by molar-refractivity contribution is 7.89. The van der Waals surface area contributed by atoms with Crippen molar-refractivity contribution < 1.29 is 22.7 Å². The molecule has 8 heteroatoms. The fourth-order valence-corrected chi connectivity index (χ4v) is 4.64. The topological polar surface area (TPSA) is 92.8 Å². The van der Waals surface area contributed by atoms with Crippen LogP contribution in [0.1, 0.15) is 24.0 Å². The number of rotatable bonds is 7. The summed E-state index contributed by atoms with van der Waals surface area (Å²) in [5.74, 6) is -1.03. The Morgan fingerprint density at radius 1 is 1.07 bits per heavy atom. The number of carbonyl (C=O) groups is 2. The van der Waals surface area contributed by atoms with Gasteiger partial charge in [0.1, 0.15) is 0 Å². The first-order valence-electron chi connectivity index (χ1n) is 9.46. The van der Waals surface area contributed by atoms with Crippen molar-refractivity contribution in [3.8, 4) is 0 Å². The van der Waals surface area contributed by atoms with Gasteiger partial charge in [-0.1, -0.05) is 35.9 Å². The molecule has 1 aliphatic heterocycles. The fraction of sp³-hybridized carbons (Fsp3) is 0.333. The predicted octanol–water partition coefficient (Wildman–Crippen LogP) is 2.50. The molecule has 3 rings (SSSR count). The molecule has 0 atom stereocenters. The molecule has 0 spiro atoms. The molecular formula is C21H24N2O5S. The number of ether oxygens (including phenoxy) is 1. The van der Waals surface area contributed by atoms with Crippen molar-refractivity contribution in [3.05, 3.63) is 59.7 Å². The van der Waals surface area contributed by atoms with Gasteiger partial charge >= 0.3 is 5.97 Å². The number of esters is 1. The highest BCUT2D eigenvalue weighted by Gasteiger charge is 2.27. The van der Waals surface area contributed by atoms with Crippen LogP contribution in [0.5, 0.6) is 0 Å². The summed E-state index contributed by atoms with van der Waals surface area (Å²) in [6.45, 7) is 2.54. The van der Waals surface area contributed by atoms with Crippen LogP contribution < -0.4 is 5.32 Å². The minimum absolute atomic E-state index is 0.0805. The summed E-state index contributed by atoms with van der Waals surface area (Å²) in [5.41, 5.74) is 2.24. The lowest BCUT2D eigenvalue weighted by Gasteiger charge is -2.16. The van der Waals surface area contributed by atoms with Crippen LogP contribution in [0.2, 0.25) is 0 Å². The maximum Gasteiger partial charge on any atom is 0.310 e. The highest BCUT2D eigenvalue weighted by Crippen LogP contribution is 2.23. The third-order valence-corrected chi connectivity index (χ3v) is 6.55.